The van der Waals surface area contributed by atoms with Crippen molar-refractivity contribution in [1.82, 2.24) is 15.2 Å². The van der Waals surface area contributed by atoms with Crippen molar-refractivity contribution in [3.63, 3.8) is 0 Å². The summed E-state index contributed by atoms with van der Waals surface area (Å²) in [4.78, 5) is 18.9. The van der Waals surface area contributed by atoms with Gasteiger partial charge in [0, 0.05) is 42.1 Å². The minimum atomic E-state index is 0. The minimum absolute atomic E-state index is 0. The van der Waals surface area contributed by atoms with Crippen LogP contribution in [0.3, 0.4) is 0 Å². The second-order valence-corrected chi connectivity index (χ2v) is 5.93. The number of piperazine rings is 1. The summed E-state index contributed by atoms with van der Waals surface area (Å²) < 4.78 is 0.918. The molecule has 0 radical (unpaired) electrons. The number of nitrogens with one attached hydrogen (secondary N) is 1. The Morgan fingerprint density at radius 2 is 2.18 bits per heavy atom. The maximum absolute atomic E-state index is 12.8. The van der Waals surface area contributed by atoms with E-state index in [-0.39, 0.29) is 24.4 Å². The Morgan fingerprint density at radius 3 is 2.91 bits per heavy atom. The molecule has 116 valence electrons. The Morgan fingerprint density at radius 1 is 1.32 bits per heavy atom. The maximum atomic E-state index is 12.8. The number of benzene rings is 1. The van der Waals surface area contributed by atoms with E-state index in [1.807, 2.05) is 47.5 Å². The van der Waals surface area contributed by atoms with Crippen LogP contribution < -0.4 is 5.32 Å². The van der Waals surface area contributed by atoms with Crippen LogP contribution in [0.15, 0.2) is 53.3 Å². The van der Waals surface area contributed by atoms with Crippen molar-refractivity contribution < 1.29 is 4.79 Å². The molecule has 1 aliphatic rings. The summed E-state index contributed by atoms with van der Waals surface area (Å²) >= 11 is 3.42. The van der Waals surface area contributed by atoms with Crippen LogP contribution in [0.25, 0.3) is 0 Å². The third-order valence-corrected chi connectivity index (χ3v) is 4.14. The lowest BCUT2D eigenvalue weighted by molar-refractivity contribution is 0.0634. The molecule has 0 aliphatic carbocycles. The molecule has 1 aromatic heterocycles. The average molecular weight is 383 g/mol. The Balaban J connectivity index is 0.00000176. The summed E-state index contributed by atoms with van der Waals surface area (Å²) in [7, 11) is 0. The summed E-state index contributed by atoms with van der Waals surface area (Å²) in [6, 6.07) is 11.5. The molecule has 1 N–H and O–H groups in total. The van der Waals surface area contributed by atoms with Gasteiger partial charge in [-0.3, -0.25) is 9.78 Å². The van der Waals surface area contributed by atoms with E-state index in [1.165, 1.54) is 0 Å². The lowest BCUT2D eigenvalue weighted by atomic mass is 10.0. The van der Waals surface area contributed by atoms with E-state index in [0.29, 0.717) is 12.1 Å². The molecule has 1 aromatic carbocycles. The molecule has 1 saturated heterocycles. The van der Waals surface area contributed by atoms with E-state index in [9.17, 15) is 4.79 Å². The fourth-order valence-corrected chi connectivity index (χ4v) is 3.00. The van der Waals surface area contributed by atoms with Gasteiger partial charge in [-0.25, -0.2) is 0 Å². The number of hydrogen-bond donors (Lipinski definition) is 1. The van der Waals surface area contributed by atoms with Gasteiger partial charge < -0.3 is 10.2 Å². The highest BCUT2D eigenvalue weighted by molar-refractivity contribution is 9.10. The summed E-state index contributed by atoms with van der Waals surface area (Å²) in [5.41, 5.74) is 1.77. The Hall–Kier alpha value is -1.43. The van der Waals surface area contributed by atoms with Crippen molar-refractivity contribution in [2.24, 2.45) is 0 Å². The summed E-state index contributed by atoms with van der Waals surface area (Å²) in [6.45, 7) is 2.27. The van der Waals surface area contributed by atoms with E-state index in [4.69, 9.17) is 0 Å². The number of nitrogens with zero attached hydrogens (tertiary/aromatic N) is 2. The molecule has 0 spiro atoms. The number of hydrogen-bond acceptors (Lipinski definition) is 3. The molecule has 0 bridgehead atoms. The monoisotopic (exact) mass is 381 g/mol. The number of carbonyl (C=O) groups is 1. The smallest absolute Gasteiger partial charge is 0.254 e. The van der Waals surface area contributed by atoms with Crippen LogP contribution in [-0.2, 0) is 0 Å². The van der Waals surface area contributed by atoms with Gasteiger partial charge in [-0.2, -0.15) is 0 Å². The fraction of sp³-hybridized carbons (Fsp3) is 0.250. The molecule has 2 aromatic rings. The second kappa shape index (κ2) is 7.72. The highest BCUT2D eigenvalue weighted by atomic mass is 79.9. The van der Waals surface area contributed by atoms with Crippen LogP contribution >= 0.6 is 28.3 Å². The van der Waals surface area contributed by atoms with Gasteiger partial charge in [-0.15, -0.1) is 12.4 Å². The molecule has 1 aliphatic heterocycles. The molecule has 6 heteroatoms. The molecule has 1 unspecified atom stereocenters. The van der Waals surface area contributed by atoms with Crippen LogP contribution in [0.1, 0.15) is 22.0 Å². The summed E-state index contributed by atoms with van der Waals surface area (Å²) in [5.74, 6) is 0.0617. The number of rotatable bonds is 2. The van der Waals surface area contributed by atoms with E-state index >= 15 is 0 Å². The molecule has 1 fully saturated rings. The topological polar surface area (TPSA) is 45.2 Å². The molecule has 3 rings (SSSR count). The zero-order valence-electron chi connectivity index (χ0n) is 11.9. The number of amides is 1. The van der Waals surface area contributed by atoms with Crippen molar-refractivity contribution in [2.45, 2.75) is 6.04 Å². The van der Waals surface area contributed by atoms with Gasteiger partial charge in [-0.1, -0.05) is 28.1 Å². The third kappa shape index (κ3) is 3.66. The lowest BCUT2D eigenvalue weighted by Gasteiger charge is -2.36. The van der Waals surface area contributed by atoms with Crippen molar-refractivity contribution >= 4 is 34.2 Å². The van der Waals surface area contributed by atoms with Crippen LogP contribution in [0.5, 0.6) is 0 Å². The Kier molecular flexibility index (Phi) is 5.94. The summed E-state index contributed by atoms with van der Waals surface area (Å²) in [5, 5.41) is 3.35. The first-order valence-corrected chi connectivity index (χ1v) is 7.72. The molecular weight excluding hydrogens is 366 g/mol. The molecule has 1 atom stereocenters. The average Bonchev–Trinajstić information content (AvgIpc) is 2.55. The molecule has 1 amide bonds. The van der Waals surface area contributed by atoms with Crippen LogP contribution in [-0.4, -0.2) is 35.4 Å². The first-order valence-electron chi connectivity index (χ1n) is 6.93. The highest BCUT2D eigenvalue weighted by Gasteiger charge is 2.28. The van der Waals surface area contributed by atoms with Crippen molar-refractivity contribution in [2.75, 3.05) is 19.6 Å². The van der Waals surface area contributed by atoms with Gasteiger partial charge in [0.15, 0.2) is 0 Å². The Bertz CT molecular complexity index is 638. The van der Waals surface area contributed by atoms with Gasteiger partial charge in [-0.05, 0) is 29.8 Å². The van der Waals surface area contributed by atoms with Crippen molar-refractivity contribution in [1.29, 1.82) is 0 Å². The van der Waals surface area contributed by atoms with Gasteiger partial charge in [0.25, 0.3) is 5.91 Å². The zero-order valence-corrected chi connectivity index (χ0v) is 14.3. The zero-order chi connectivity index (χ0) is 14.7. The minimum Gasteiger partial charge on any atom is -0.329 e. The van der Waals surface area contributed by atoms with Gasteiger partial charge in [0.05, 0.1) is 6.04 Å². The molecular formula is C16H17BrClN3O. The fourth-order valence-electron chi connectivity index (χ4n) is 2.61. The lowest BCUT2D eigenvalue weighted by Crippen LogP contribution is -2.48. The van der Waals surface area contributed by atoms with E-state index in [2.05, 4.69) is 26.2 Å². The van der Waals surface area contributed by atoms with Crippen LogP contribution in [0, 0.1) is 0 Å². The first kappa shape index (κ1) is 16.9. The van der Waals surface area contributed by atoms with Crippen LogP contribution in [0.2, 0.25) is 0 Å². The molecule has 0 saturated carbocycles. The molecule has 2 heterocycles. The van der Waals surface area contributed by atoms with Crippen molar-refractivity contribution in [3.8, 4) is 0 Å². The van der Waals surface area contributed by atoms with Crippen LogP contribution in [0.4, 0.5) is 0 Å². The predicted molar refractivity (Wildman–Crippen MR) is 92.3 cm³/mol. The largest absolute Gasteiger partial charge is 0.329 e. The van der Waals surface area contributed by atoms with Gasteiger partial charge in [0.2, 0.25) is 0 Å². The van der Waals surface area contributed by atoms with Gasteiger partial charge in [0.1, 0.15) is 0 Å². The third-order valence-electron chi connectivity index (χ3n) is 3.65. The SMILES string of the molecule is Cl.O=C(c1cccc(Br)c1)N1CCNCC1c1cccnc1. The quantitative estimate of drug-likeness (QED) is 0.868. The second-order valence-electron chi connectivity index (χ2n) is 5.02. The number of pyridine rings is 1. The van der Waals surface area contributed by atoms with E-state index in [1.54, 1.807) is 6.20 Å². The van der Waals surface area contributed by atoms with E-state index in [0.717, 1.165) is 23.1 Å². The predicted octanol–water partition coefficient (Wildman–Crippen LogP) is 3.05. The Labute approximate surface area is 144 Å². The number of carbonyl (C=O) groups excluding carboxylic acids is 1. The standard InChI is InChI=1S/C16H16BrN3O.ClH/c17-14-5-1-3-12(9-14)16(21)20-8-7-19-11-15(20)13-4-2-6-18-10-13;/h1-6,9-10,15,19H,7-8,11H2;1H. The van der Waals surface area contributed by atoms with Gasteiger partial charge >= 0.3 is 0 Å². The normalized spacial score (nSPS) is 17.7. The van der Waals surface area contributed by atoms with Crippen molar-refractivity contribution in [3.05, 3.63) is 64.4 Å². The maximum Gasteiger partial charge on any atom is 0.254 e. The first-order chi connectivity index (χ1) is 10.3. The number of halogens is 2. The number of aromatic nitrogens is 1. The summed E-state index contributed by atoms with van der Waals surface area (Å²) in [6.07, 6.45) is 3.58. The highest BCUT2D eigenvalue weighted by Crippen LogP contribution is 2.24. The van der Waals surface area contributed by atoms with E-state index < -0.39 is 0 Å². The molecule has 4 nitrogen and oxygen atoms in total. The molecule has 22 heavy (non-hydrogen) atoms.